The van der Waals surface area contributed by atoms with Crippen molar-refractivity contribution in [3.8, 4) is 11.8 Å². The fourth-order valence-electron chi connectivity index (χ4n) is 2.08. The second-order valence-corrected chi connectivity index (χ2v) is 5.21. The van der Waals surface area contributed by atoms with Crippen LogP contribution in [0.1, 0.15) is 11.3 Å². The van der Waals surface area contributed by atoms with Crippen LogP contribution in [0.5, 0.6) is 0 Å². The molecule has 0 aliphatic heterocycles. The van der Waals surface area contributed by atoms with Gasteiger partial charge in [-0.2, -0.15) is 18.4 Å². The maximum Gasteiger partial charge on any atom is 0.471 e. The molecule has 0 radical (unpaired) electrons. The van der Waals surface area contributed by atoms with Crippen molar-refractivity contribution >= 4 is 11.6 Å². The van der Waals surface area contributed by atoms with Crippen LogP contribution in [0.3, 0.4) is 0 Å². The Labute approximate surface area is 142 Å². The SMILES string of the molecule is Cc1cc(=O)n(-c2cc(NC(=O)C(F)(F)F)c(C#N)cc2F)c(=O)n1C. The van der Waals surface area contributed by atoms with E-state index in [0.717, 1.165) is 10.6 Å². The van der Waals surface area contributed by atoms with Crippen LogP contribution in [0.4, 0.5) is 23.2 Å². The zero-order valence-electron chi connectivity index (χ0n) is 13.3. The molecule has 1 amide bonds. The van der Waals surface area contributed by atoms with Gasteiger partial charge in [-0.1, -0.05) is 0 Å². The van der Waals surface area contributed by atoms with Gasteiger partial charge in [0.15, 0.2) is 0 Å². The van der Waals surface area contributed by atoms with E-state index < -0.39 is 46.1 Å². The van der Waals surface area contributed by atoms with Gasteiger partial charge in [0.05, 0.1) is 16.9 Å². The van der Waals surface area contributed by atoms with Crippen molar-refractivity contribution in [2.45, 2.75) is 13.1 Å². The van der Waals surface area contributed by atoms with Crippen molar-refractivity contribution in [2.75, 3.05) is 5.32 Å². The zero-order valence-corrected chi connectivity index (χ0v) is 13.3. The highest BCUT2D eigenvalue weighted by Crippen LogP contribution is 2.24. The summed E-state index contributed by atoms with van der Waals surface area (Å²) >= 11 is 0. The molecule has 0 saturated carbocycles. The molecule has 7 nitrogen and oxygen atoms in total. The molecule has 1 heterocycles. The molecule has 1 aromatic carbocycles. The third-order valence-corrected chi connectivity index (χ3v) is 3.51. The molecule has 0 saturated heterocycles. The van der Waals surface area contributed by atoms with E-state index in [4.69, 9.17) is 5.26 Å². The summed E-state index contributed by atoms with van der Waals surface area (Å²) < 4.78 is 52.9. The number of alkyl halides is 3. The van der Waals surface area contributed by atoms with Gasteiger partial charge in [0.25, 0.3) is 5.56 Å². The molecule has 1 aromatic heterocycles. The van der Waals surface area contributed by atoms with Crippen molar-refractivity contribution in [1.29, 1.82) is 5.26 Å². The molecular formula is C15H10F4N4O3. The van der Waals surface area contributed by atoms with Crippen molar-refractivity contribution in [1.82, 2.24) is 9.13 Å². The number of carbonyl (C=O) groups excluding carboxylic acids is 1. The number of hydrogen-bond acceptors (Lipinski definition) is 4. The van der Waals surface area contributed by atoms with Gasteiger partial charge in [0.2, 0.25) is 0 Å². The van der Waals surface area contributed by atoms with E-state index in [9.17, 15) is 31.9 Å². The minimum atomic E-state index is -5.25. The number of nitrogens with zero attached hydrogens (tertiary/aromatic N) is 3. The normalized spacial score (nSPS) is 11.1. The number of nitrogens with one attached hydrogen (secondary N) is 1. The van der Waals surface area contributed by atoms with Crippen molar-refractivity contribution in [2.24, 2.45) is 7.05 Å². The number of rotatable bonds is 2. The van der Waals surface area contributed by atoms with E-state index in [1.807, 2.05) is 0 Å². The van der Waals surface area contributed by atoms with Gasteiger partial charge in [-0.15, -0.1) is 0 Å². The number of aromatic nitrogens is 2. The highest BCUT2D eigenvalue weighted by Gasteiger charge is 2.39. The quantitative estimate of drug-likeness (QED) is 0.807. The first-order valence-corrected chi connectivity index (χ1v) is 6.89. The van der Waals surface area contributed by atoms with Crippen LogP contribution in [0.25, 0.3) is 5.69 Å². The minimum absolute atomic E-state index is 0.274. The molecule has 2 aromatic rings. The lowest BCUT2D eigenvalue weighted by Crippen LogP contribution is -2.38. The molecule has 0 aliphatic rings. The molecule has 2 rings (SSSR count). The van der Waals surface area contributed by atoms with Gasteiger partial charge < -0.3 is 9.88 Å². The zero-order chi connectivity index (χ0) is 19.8. The lowest BCUT2D eigenvalue weighted by molar-refractivity contribution is -0.167. The number of aryl methyl sites for hydroxylation is 1. The van der Waals surface area contributed by atoms with Gasteiger partial charge >= 0.3 is 17.8 Å². The first-order valence-electron chi connectivity index (χ1n) is 6.89. The van der Waals surface area contributed by atoms with E-state index >= 15 is 0 Å². The van der Waals surface area contributed by atoms with E-state index in [-0.39, 0.29) is 5.69 Å². The Hall–Kier alpha value is -3.42. The van der Waals surface area contributed by atoms with E-state index in [2.05, 4.69) is 0 Å². The maximum atomic E-state index is 14.3. The molecule has 26 heavy (non-hydrogen) atoms. The average molecular weight is 370 g/mol. The Morgan fingerprint density at radius 1 is 1.23 bits per heavy atom. The number of carbonyl (C=O) groups is 1. The Kier molecular flexibility index (Phi) is 4.71. The third kappa shape index (κ3) is 3.34. The number of halogens is 4. The van der Waals surface area contributed by atoms with Crippen LogP contribution in [0, 0.1) is 24.1 Å². The summed E-state index contributed by atoms with van der Waals surface area (Å²) in [5.41, 5.74) is -3.61. The van der Waals surface area contributed by atoms with Crippen LogP contribution in [-0.2, 0) is 11.8 Å². The molecule has 11 heteroatoms. The standard InChI is InChI=1S/C15H10F4N4O3/c1-7-3-12(24)23(14(26)22(7)2)11-5-10(8(6-20)4-9(11)16)21-13(25)15(17,18)19/h3-5H,1-2H3,(H,21,25). The smallest absolute Gasteiger partial charge is 0.317 e. The highest BCUT2D eigenvalue weighted by atomic mass is 19.4. The van der Waals surface area contributed by atoms with Crippen molar-refractivity contribution in [3.05, 3.63) is 56.1 Å². The van der Waals surface area contributed by atoms with Gasteiger partial charge in [-0.3, -0.25) is 9.59 Å². The minimum Gasteiger partial charge on any atom is -0.317 e. The summed E-state index contributed by atoms with van der Waals surface area (Å²) in [4.78, 5) is 35.4. The van der Waals surface area contributed by atoms with Crippen LogP contribution in [-0.4, -0.2) is 21.2 Å². The van der Waals surface area contributed by atoms with Gasteiger partial charge in [-0.05, 0) is 19.1 Å². The van der Waals surface area contributed by atoms with Crippen LogP contribution >= 0.6 is 0 Å². The topological polar surface area (TPSA) is 96.9 Å². The molecule has 0 bridgehead atoms. The van der Waals surface area contributed by atoms with E-state index in [1.165, 1.54) is 25.4 Å². The van der Waals surface area contributed by atoms with Crippen molar-refractivity contribution < 1.29 is 22.4 Å². The predicted octanol–water partition coefficient (Wildman–Crippen LogP) is 1.36. The second-order valence-electron chi connectivity index (χ2n) is 5.21. The molecule has 0 unspecified atom stereocenters. The fourth-order valence-corrected chi connectivity index (χ4v) is 2.08. The first kappa shape index (κ1) is 18.9. The number of anilines is 1. The summed E-state index contributed by atoms with van der Waals surface area (Å²) in [7, 11) is 1.31. The van der Waals surface area contributed by atoms with E-state index in [0.29, 0.717) is 16.7 Å². The van der Waals surface area contributed by atoms with Gasteiger partial charge in [0, 0.05) is 18.8 Å². The second kappa shape index (κ2) is 6.47. The maximum absolute atomic E-state index is 14.3. The van der Waals surface area contributed by atoms with Crippen LogP contribution in [0.15, 0.2) is 27.8 Å². The number of nitriles is 1. The number of hydrogen-bond donors (Lipinski definition) is 1. The molecule has 136 valence electrons. The van der Waals surface area contributed by atoms with Gasteiger partial charge in [0.1, 0.15) is 11.9 Å². The lowest BCUT2D eigenvalue weighted by Gasteiger charge is -2.14. The van der Waals surface area contributed by atoms with Crippen LogP contribution < -0.4 is 16.6 Å². The van der Waals surface area contributed by atoms with Crippen molar-refractivity contribution in [3.63, 3.8) is 0 Å². The van der Waals surface area contributed by atoms with E-state index in [1.54, 1.807) is 0 Å². The Bertz CT molecular complexity index is 1060. The summed E-state index contributed by atoms with van der Waals surface area (Å²) in [6, 6.07) is 3.59. The Morgan fingerprint density at radius 2 is 1.85 bits per heavy atom. The Balaban J connectivity index is 2.74. The molecule has 0 spiro atoms. The molecule has 0 atom stereocenters. The Morgan fingerprint density at radius 3 is 2.38 bits per heavy atom. The summed E-state index contributed by atoms with van der Waals surface area (Å²) in [5.74, 6) is -3.59. The fraction of sp³-hybridized carbons (Fsp3) is 0.200. The molecule has 0 fully saturated rings. The number of amides is 1. The monoisotopic (exact) mass is 370 g/mol. The van der Waals surface area contributed by atoms with Gasteiger partial charge in [-0.25, -0.2) is 13.8 Å². The largest absolute Gasteiger partial charge is 0.471 e. The molecule has 0 aliphatic carbocycles. The summed E-state index contributed by atoms with van der Waals surface area (Å²) in [6.45, 7) is 1.46. The number of benzene rings is 1. The summed E-state index contributed by atoms with van der Waals surface area (Å²) in [5, 5.41) is 10.4. The lowest BCUT2D eigenvalue weighted by atomic mass is 10.1. The average Bonchev–Trinajstić information content (AvgIpc) is 2.54. The highest BCUT2D eigenvalue weighted by molar-refractivity contribution is 5.96. The third-order valence-electron chi connectivity index (χ3n) is 3.51. The predicted molar refractivity (Wildman–Crippen MR) is 81.4 cm³/mol. The van der Waals surface area contributed by atoms with Crippen LogP contribution in [0.2, 0.25) is 0 Å². The first-order chi connectivity index (χ1) is 12.0. The molecule has 1 N–H and O–H groups in total. The summed E-state index contributed by atoms with van der Waals surface area (Å²) in [6.07, 6.45) is -5.25. The molecular weight excluding hydrogens is 360 g/mol.